The summed E-state index contributed by atoms with van der Waals surface area (Å²) in [7, 11) is 2.19. The molecule has 0 radical (unpaired) electrons. The van der Waals surface area contributed by atoms with Gasteiger partial charge in [0.05, 0.1) is 11.1 Å². The summed E-state index contributed by atoms with van der Waals surface area (Å²) in [4.78, 5) is 22.1. The zero-order valence-electron chi connectivity index (χ0n) is 19.7. The molecule has 2 aliphatic heterocycles. The minimum Gasteiger partial charge on any atom is -0.356 e. The summed E-state index contributed by atoms with van der Waals surface area (Å²) in [5.74, 6) is 0.815. The van der Waals surface area contributed by atoms with Crippen molar-refractivity contribution in [1.82, 2.24) is 9.88 Å². The van der Waals surface area contributed by atoms with Gasteiger partial charge in [-0.05, 0) is 80.9 Å². The first kappa shape index (κ1) is 23.6. The average Bonchev–Trinajstić information content (AvgIpc) is 3.42. The summed E-state index contributed by atoms with van der Waals surface area (Å²) in [6, 6.07) is 14.7. The Morgan fingerprint density at radius 3 is 2.51 bits per heavy atom. The normalized spacial score (nSPS) is 20.7. The molecule has 5 rings (SSSR count). The Balaban J connectivity index is 1.19. The lowest BCUT2D eigenvalue weighted by molar-refractivity contribution is -0.137. The highest BCUT2D eigenvalue weighted by atomic mass is 19.4. The molecule has 1 amide bonds. The van der Waals surface area contributed by atoms with E-state index in [2.05, 4.69) is 28.2 Å². The van der Waals surface area contributed by atoms with Crippen LogP contribution in [-0.2, 0) is 17.4 Å². The fraction of sp³-hybridized carbons (Fsp3) is 0.407. The summed E-state index contributed by atoms with van der Waals surface area (Å²) in [5.41, 5.74) is 1.96. The van der Waals surface area contributed by atoms with Crippen LogP contribution in [-0.4, -0.2) is 49.0 Å². The maximum Gasteiger partial charge on any atom is 0.416 e. The summed E-state index contributed by atoms with van der Waals surface area (Å²) >= 11 is 0. The number of hydrogen-bond donors (Lipinski definition) is 1. The van der Waals surface area contributed by atoms with Crippen molar-refractivity contribution in [2.75, 3.05) is 43.4 Å². The molecule has 0 bridgehead atoms. The van der Waals surface area contributed by atoms with Crippen molar-refractivity contribution in [2.24, 2.45) is 5.41 Å². The minimum absolute atomic E-state index is 0.183. The molecule has 2 aromatic carbocycles. The first-order valence-corrected chi connectivity index (χ1v) is 12.0. The van der Waals surface area contributed by atoms with Gasteiger partial charge in [0.25, 0.3) is 0 Å². The van der Waals surface area contributed by atoms with Gasteiger partial charge in [-0.15, -0.1) is 0 Å². The Hall–Kier alpha value is -3.13. The van der Waals surface area contributed by atoms with Gasteiger partial charge in [-0.25, -0.2) is 4.98 Å². The zero-order chi connectivity index (χ0) is 24.6. The highest BCUT2D eigenvalue weighted by molar-refractivity contribution is 5.94. The van der Waals surface area contributed by atoms with E-state index in [1.807, 2.05) is 24.3 Å². The van der Waals surface area contributed by atoms with Crippen molar-refractivity contribution in [1.29, 1.82) is 0 Å². The van der Waals surface area contributed by atoms with Crippen LogP contribution in [0.2, 0.25) is 0 Å². The number of carbonyl (C=O) groups is 1. The average molecular weight is 483 g/mol. The number of anilines is 2. The van der Waals surface area contributed by atoms with Gasteiger partial charge in [-0.3, -0.25) is 4.79 Å². The van der Waals surface area contributed by atoms with Gasteiger partial charge in [-0.2, -0.15) is 13.2 Å². The molecule has 35 heavy (non-hydrogen) atoms. The molecule has 1 N–H and O–H groups in total. The standard InChI is InChI=1S/C27H29F3N4O/c1-33-14-12-26(17-33)13-15-34(18-26)24-10-5-20-16-22(8-9-23(20)32-24)31-25(35)11-4-19-2-6-21(7-3-19)27(28,29)30/h2-3,5-10,16H,4,11-15,17-18H2,1H3,(H,31,35)/t26-/m0/s1. The smallest absolute Gasteiger partial charge is 0.356 e. The lowest BCUT2D eigenvalue weighted by Crippen LogP contribution is -2.30. The second-order valence-corrected chi connectivity index (χ2v) is 9.98. The Morgan fingerprint density at radius 1 is 1.03 bits per heavy atom. The SMILES string of the molecule is CN1CC[C@]2(CCN(c3ccc4cc(NC(=O)CCc5ccc(C(F)(F)F)cc5)ccc4n3)C2)C1. The second-order valence-electron chi connectivity index (χ2n) is 9.98. The molecule has 1 atom stereocenters. The molecule has 2 aliphatic rings. The van der Waals surface area contributed by atoms with Crippen LogP contribution in [0.1, 0.15) is 30.4 Å². The van der Waals surface area contributed by atoms with Crippen LogP contribution in [0.15, 0.2) is 54.6 Å². The molecule has 3 heterocycles. The number of nitrogens with zero attached hydrogens (tertiary/aromatic N) is 3. The Kier molecular flexibility index (Phi) is 6.17. The number of aromatic nitrogens is 1. The first-order valence-electron chi connectivity index (χ1n) is 12.0. The van der Waals surface area contributed by atoms with Gasteiger partial charge >= 0.3 is 6.18 Å². The van der Waals surface area contributed by atoms with Crippen LogP contribution in [0.5, 0.6) is 0 Å². The number of carbonyl (C=O) groups excluding carboxylic acids is 1. The van der Waals surface area contributed by atoms with E-state index in [1.54, 1.807) is 0 Å². The van der Waals surface area contributed by atoms with E-state index >= 15 is 0 Å². The Morgan fingerprint density at radius 2 is 1.80 bits per heavy atom. The summed E-state index contributed by atoms with van der Waals surface area (Å²) in [6.07, 6.45) is -1.35. The molecular weight excluding hydrogens is 453 g/mol. The predicted molar refractivity (Wildman–Crippen MR) is 132 cm³/mol. The molecule has 2 saturated heterocycles. The quantitative estimate of drug-likeness (QED) is 0.532. The van der Waals surface area contributed by atoms with Crippen molar-refractivity contribution in [3.63, 3.8) is 0 Å². The highest BCUT2D eigenvalue weighted by Crippen LogP contribution is 2.40. The van der Waals surface area contributed by atoms with Gasteiger partial charge < -0.3 is 15.1 Å². The van der Waals surface area contributed by atoms with Crippen molar-refractivity contribution in [3.05, 3.63) is 65.7 Å². The van der Waals surface area contributed by atoms with E-state index in [9.17, 15) is 18.0 Å². The topological polar surface area (TPSA) is 48.5 Å². The van der Waals surface area contributed by atoms with Crippen LogP contribution in [0.25, 0.3) is 10.9 Å². The third-order valence-electron chi connectivity index (χ3n) is 7.27. The lowest BCUT2D eigenvalue weighted by atomic mass is 9.86. The molecule has 2 fully saturated rings. The molecule has 0 aliphatic carbocycles. The first-order chi connectivity index (χ1) is 16.7. The molecule has 0 saturated carbocycles. The van der Waals surface area contributed by atoms with Crippen LogP contribution in [0.4, 0.5) is 24.7 Å². The number of likely N-dealkylation sites (tertiary alicyclic amines) is 1. The molecule has 8 heteroatoms. The molecule has 3 aromatic rings. The van der Waals surface area contributed by atoms with E-state index in [-0.39, 0.29) is 12.3 Å². The minimum atomic E-state index is -4.36. The third-order valence-corrected chi connectivity index (χ3v) is 7.27. The highest BCUT2D eigenvalue weighted by Gasteiger charge is 2.42. The van der Waals surface area contributed by atoms with E-state index in [0.717, 1.165) is 55.0 Å². The van der Waals surface area contributed by atoms with E-state index in [4.69, 9.17) is 4.98 Å². The monoisotopic (exact) mass is 482 g/mol. The number of benzene rings is 2. The fourth-order valence-corrected chi connectivity index (χ4v) is 5.33. The van der Waals surface area contributed by atoms with Crippen LogP contribution in [0.3, 0.4) is 0 Å². The van der Waals surface area contributed by atoms with E-state index < -0.39 is 11.7 Å². The molecule has 1 spiro atoms. The maximum absolute atomic E-state index is 12.7. The number of nitrogens with one attached hydrogen (secondary N) is 1. The van der Waals surface area contributed by atoms with Crippen molar-refractivity contribution >= 4 is 28.3 Å². The molecule has 1 aromatic heterocycles. The lowest BCUT2D eigenvalue weighted by Gasteiger charge is -2.24. The maximum atomic E-state index is 12.7. The molecular formula is C27H29F3N4O. The van der Waals surface area contributed by atoms with Gasteiger partial charge in [0.1, 0.15) is 5.82 Å². The summed E-state index contributed by atoms with van der Waals surface area (Å²) in [6.45, 7) is 4.39. The molecule has 184 valence electrons. The molecule has 0 unspecified atom stereocenters. The fourth-order valence-electron chi connectivity index (χ4n) is 5.33. The number of fused-ring (bicyclic) bond motifs is 1. The zero-order valence-corrected chi connectivity index (χ0v) is 19.7. The number of pyridine rings is 1. The van der Waals surface area contributed by atoms with Gasteiger partial charge in [-0.1, -0.05) is 12.1 Å². The van der Waals surface area contributed by atoms with Crippen molar-refractivity contribution in [3.8, 4) is 0 Å². The van der Waals surface area contributed by atoms with E-state index in [1.165, 1.54) is 25.0 Å². The van der Waals surface area contributed by atoms with E-state index in [0.29, 0.717) is 23.1 Å². The van der Waals surface area contributed by atoms with Gasteiger partial charge in [0.15, 0.2) is 0 Å². The number of halogens is 3. The Bertz CT molecular complexity index is 1230. The summed E-state index contributed by atoms with van der Waals surface area (Å²) in [5, 5.41) is 3.83. The van der Waals surface area contributed by atoms with Crippen LogP contribution < -0.4 is 10.2 Å². The third kappa shape index (κ3) is 5.27. The predicted octanol–water partition coefficient (Wildman–Crippen LogP) is 5.36. The van der Waals surface area contributed by atoms with Crippen molar-refractivity contribution < 1.29 is 18.0 Å². The van der Waals surface area contributed by atoms with Crippen LogP contribution >= 0.6 is 0 Å². The second kappa shape index (κ2) is 9.15. The van der Waals surface area contributed by atoms with Gasteiger partial charge in [0, 0.05) is 42.5 Å². The summed E-state index contributed by atoms with van der Waals surface area (Å²) < 4.78 is 38.1. The number of rotatable bonds is 5. The number of alkyl halides is 3. The largest absolute Gasteiger partial charge is 0.416 e. The Labute approximate surface area is 202 Å². The molecule has 5 nitrogen and oxygen atoms in total. The number of hydrogen-bond acceptors (Lipinski definition) is 4. The van der Waals surface area contributed by atoms with Gasteiger partial charge in [0.2, 0.25) is 5.91 Å². The van der Waals surface area contributed by atoms with Crippen molar-refractivity contribution in [2.45, 2.75) is 31.9 Å². The van der Waals surface area contributed by atoms with Crippen LogP contribution in [0, 0.1) is 5.41 Å². The number of aryl methyl sites for hydroxylation is 1. The number of amides is 1.